The Hall–Kier alpha value is -3.23. The van der Waals surface area contributed by atoms with Crippen molar-refractivity contribution in [3.05, 3.63) is 63.2 Å². The maximum atomic E-state index is 12.6. The molecule has 0 aliphatic rings. The highest BCUT2D eigenvalue weighted by atomic mass is 19.4. The Morgan fingerprint density at radius 2 is 1.72 bits per heavy atom. The minimum atomic E-state index is -4.81. The van der Waals surface area contributed by atoms with E-state index in [1.54, 1.807) is 12.1 Å². The number of nitrogens with zero attached hydrogens (tertiary/aromatic N) is 1. The molecule has 6 nitrogen and oxygen atoms in total. The molecule has 130 valence electrons. The topological polar surface area (TPSA) is 73.3 Å². The lowest BCUT2D eigenvalue weighted by Crippen LogP contribution is -2.28. The molecule has 0 bridgehead atoms. The van der Waals surface area contributed by atoms with Crippen molar-refractivity contribution in [3.63, 3.8) is 0 Å². The van der Waals surface area contributed by atoms with E-state index in [0.717, 1.165) is 16.8 Å². The van der Waals surface area contributed by atoms with Crippen molar-refractivity contribution in [2.24, 2.45) is 0 Å². The van der Waals surface area contributed by atoms with Crippen molar-refractivity contribution in [1.29, 1.82) is 0 Å². The largest absolute Gasteiger partial charge is 0.573 e. The van der Waals surface area contributed by atoms with Crippen LogP contribution in [0.15, 0.2) is 52.1 Å². The Balaban J connectivity index is 2.13. The SMILES string of the molecule is COc1cccc2c(=O)n(-c3ccc(OC(F)(F)F)cc3)[nH]c(=O)c12. The van der Waals surface area contributed by atoms with Crippen molar-refractivity contribution in [2.75, 3.05) is 7.11 Å². The molecule has 0 radical (unpaired) electrons. The molecule has 2 aromatic carbocycles. The molecular formula is C16H11F3N2O4. The average molecular weight is 352 g/mol. The van der Waals surface area contributed by atoms with E-state index in [-0.39, 0.29) is 22.2 Å². The number of alkyl halides is 3. The van der Waals surface area contributed by atoms with Gasteiger partial charge in [-0.2, -0.15) is 0 Å². The number of aromatic nitrogens is 2. The molecule has 0 unspecified atom stereocenters. The van der Waals surface area contributed by atoms with Gasteiger partial charge in [-0.25, -0.2) is 4.68 Å². The molecule has 0 atom stereocenters. The molecule has 3 rings (SSSR count). The summed E-state index contributed by atoms with van der Waals surface area (Å²) in [4.78, 5) is 24.9. The maximum absolute atomic E-state index is 12.6. The Kier molecular flexibility index (Phi) is 3.99. The molecule has 1 N–H and O–H groups in total. The highest BCUT2D eigenvalue weighted by molar-refractivity contribution is 5.86. The van der Waals surface area contributed by atoms with Crippen LogP contribution in [-0.4, -0.2) is 23.3 Å². The highest BCUT2D eigenvalue weighted by Gasteiger charge is 2.31. The number of nitrogens with one attached hydrogen (secondary N) is 1. The molecule has 0 aliphatic carbocycles. The zero-order chi connectivity index (χ0) is 18.2. The third-order valence-electron chi connectivity index (χ3n) is 3.45. The second-order valence-electron chi connectivity index (χ2n) is 5.01. The van der Waals surface area contributed by atoms with E-state index in [9.17, 15) is 22.8 Å². The third-order valence-corrected chi connectivity index (χ3v) is 3.45. The Morgan fingerprint density at radius 3 is 2.32 bits per heavy atom. The Bertz CT molecular complexity index is 1040. The first-order chi connectivity index (χ1) is 11.8. The summed E-state index contributed by atoms with van der Waals surface area (Å²) < 4.78 is 46.4. The van der Waals surface area contributed by atoms with Crippen molar-refractivity contribution in [1.82, 2.24) is 9.78 Å². The van der Waals surface area contributed by atoms with Gasteiger partial charge >= 0.3 is 6.36 Å². The summed E-state index contributed by atoms with van der Waals surface area (Å²) in [6.45, 7) is 0. The Labute approximate surface area is 138 Å². The minimum absolute atomic E-state index is 0.100. The van der Waals surface area contributed by atoms with Crippen molar-refractivity contribution >= 4 is 10.8 Å². The summed E-state index contributed by atoms with van der Waals surface area (Å²) in [5, 5.41) is 2.61. The molecule has 0 saturated carbocycles. The van der Waals surface area contributed by atoms with Gasteiger partial charge in [-0.15, -0.1) is 13.2 Å². The first-order valence-corrected chi connectivity index (χ1v) is 6.98. The molecule has 3 aromatic rings. The lowest BCUT2D eigenvalue weighted by atomic mass is 10.2. The van der Waals surface area contributed by atoms with Gasteiger partial charge in [0.2, 0.25) is 0 Å². The predicted molar refractivity (Wildman–Crippen MR) is 83.4 cm³/mol. The van der Waals surface area contributed by atoms with Gasteiger partial charge in [-0.05, 0) is 36.4 Å². The molecule has 0 saturated heterocycles. The van der Waals surface area contributed by atoms with Crippen molar-refractivity contribution in [2.45, 2.75) is 6.36 Å². The Morgan fingerprint density at radius 1 is 1.04 bits per heavy atom. The number of halogens is 3. The summed E-state index contributed by atoms with van der Waals surface area (Å²) in [7, 11) is 1.37. The van der Waals surface area contributed by atoms with E-state index in [1.807, 2.05) is 0 Å². The smallest absolute Gasteiger partial charge is 0.496 e. The van der Waals surface area contributed by atoms with E-state index < -0.39 is 23.2 Å². The monoisotopic (exact) mass is 352 g/mol. The molecule has 25 heavy (non-hydrogen) atoms. The van der Waals surface area contributed by atoms with Gasteiger partial charge in [0.1, 0.15) is 11.5 Å². The van der Waals surface area contributed by atoms with Gasteiger partial charge in [-0.3, -0.25) is 14.7 Å². The van der Waals surface area contributed by atoms with Crippen LogP contribution in [0.25, 0.3) is 16.5 Å². The van der Waals surface area contributed by atoms with Crippen LogP contribution >= 0.6 is 0 Å². The number of H-pyrrole nitrogens is 1. The van der Waals surface area contributed by atoms with Crippen LogP contribution in [0.4, 0.5) is 13.2 Å². The van der Waals surface area contributed by atoms with Crippen LogP contribution in [-0.2, 0) is 0 Å². The molecule has 9 heteroatoms. The first kappa shape index (κ1) is 16.6. The molecule has 0 fully saturated rings. The van der Waals surface area contributed by atoms with Gasteiger partial charge in [0.15, 0.2) is 0 Å². The molecule has 1 heterocycles. The van der Waals surface area contributed by atoms with Crippen LogP contribution < -0.4 is 20.6 Å². The van der Waals surface area contributed by atoms with E-state index in [4.69, 9.17) is 4.74 Å². The maximum Gasteiger partial charge on any atom is 0.573 e. The quantitative estimate of drug-likeness (QED) is 0.786. The van der Waals surface area contributed by atoms with Crippen LogP contribution in [0.1, 0.15) is 0 Å². The summed E-state index contributed by atoms with van der Waals surface area (Å²) in [6, 6.07) is 9.12. The van der Waals surface area contributed by atoms with Gasteiger partial charge in [0, 0.05) is 0 Å². The molecule has 1 aromatic heterocycles. The summed E-state index contributed by atoms with van der Waals surface area (Å²) >= 11 is 0. The van der Waals surface area contributed by atoms with Crippen LogP contribution in [0, 0.1) is 0 Å². The predicted octanol–water partition coefficient (Wildman–Crippen LogP) is 2.59. The van der Waals surface area contributed by atoms with Crippen LogP contribution in [0.3, 0.4) is 0 Å². The number of aromatic amines is 1. The summed E-state index contributed by atoms with van der Waals surface area (Å²) in [5.74, 6) is -0.189. The lowest BCUT2D eigenvalue weighted by molar-refractivity contribution is -0.274. The van der Waals surface area contributed by atoms with Crippen LogP contribution in [0.2, 0.25) is 0 Å². The minimum Gasteiger partial charge on any atom is -0.496 e. The number of fused-ring (bicyclic) bond motifs is 1. The third kappa shape index (κ3) is 3.21. The first-order valence-electron chi connectivity index (χ1n) is 6.98. The summed E-state index contributed by atoms with van der Waals surface area (Å²) in [6.07, 6.45) is -4.81. The molecule has 0 spiro atoms. The zero-order valence-electron chi connectivity index (χ0n) is 12.8. The molecule has 0 amide bonds. The fourth-order valence-corrected chi connectivity index (χ4v) is 2.42. The fourth-order valence-electron chi connectivity index (χ4n) is 2.42. The molecule has 0 aliphatic heterocycles. The van der Waals surface area contributed by atoms with E-state index in [1.165, 1.54) is 25.3 Å². The van der Waals surface area contributed by atoms with E-state index in [0.29, 0.717) is 0 Å². The van der Waals surface area contributed by atoms with Gasteiger partial charge in [0.05, 0.1) is 23.6 Å². The number of rotatable bonds is 3. The number of benzene rings is 2. The van der Waals surface area contributed by atoms with Gasteiger partial charge in [-0.1, -0.05) is 6.07 Å². The average Bonchev–Trinajstić information content (AvgIpc) is 2.57. The van der Waals surface area contributed by atoms with Gasteiger partial charge in [0.25, 0.3) is 11.1 Å². The van der Waals surface area contributed by atoms with E-state index >= 15 is 0 Å². The normalized spacial score (nSPS) is 11.5. The number of hydrogen-bond acceptors (Lipinski definition) is 4. The summed E-state index contributed by atoms with van der Waals surface area (Å²) in [5.41, 5.74) is -0.929. The van der Waals surface area contributed by atoms with Crippen molar-refractivity contribution in [3.8, 4) is 17.2 Å². The number of methoxy groups -OCH3 is 1. The zero-order valence-corrected chi connectivity index (χ0v) is 12.8. The highest BCUT2D eigenvalue weighted by Crippen LogP contribution is 2.23. The van der Waals surface area contributed by atoms with Crippen LogP contribution in [0.5, 0.6) is 11.5 Å². The fraction of sp³-hybridized carbons (Fsp3) is 0.125. The number of ether oxygens (including phenoxy) is 2. The van der Waals surface area contributed by atoms with Crippen molar-refractivity contribution < 1.29 is 22.6 Å². The molecular weight excluding hydrogens is 341 g/mol. The standard InChI is InChI=1S/C16H11F3N2O4/c1-24-12-4-2-3-11-13(12)14(22)20-21(15(11)23)9-5-7-10(8-6-9)25-16(17,18)19/h2-8H,1H3,(H,20,22). The van der Waals surface area contributed by atoms with E-state index in [2.05, 4.69) is 9.84 Å². The second kappa shape index (κ2) is 6.00. The number of hydrogen-bond donors (Lipinski definition) is 1. The second-order valence-corrected chi connectivity index (χ2v) is 5.01. The van der Waals surface area contributed by atoms with Gasteiger partial charge < -0.3 is 9.47 Å². The lowest BCUT2D eigenvalue weighted by Gasteiger charge is -2.11.